The van der Waals surface area contributed by atoms with Crippen molar-refractivity contribution in [2.75, 3.05) is 10.2 Å². The fourth-order valence-corrected chi connectivity index (χ4v) is 3.85. The summed E-state index contributed by atoms with van der Waals surface area (Å²) in [7, 11) is 0. The van der Waals surface area contributed by atoms with Gasteiger partial charge in [-0.2, -0.15) is 0 Å². The highest BCUT2D eigenvalue weighted by Crippen LogP contribution is 2.33. The Morgan fingerprint density at radius 1 is 1.14 bits per heavy atom. The number of halogens is 1. The van der Waals surface area contributed by atoms with Crippen LogP contribution in [0.25, 0.3) is 0 Å². The third-order valence-electron chi connectivity index (χ3n) is 4.93. The first kappa shape index (κ1) is 18.4. The number of amides is 1. The van der Waals surface area contributed by atoms with Crippen LogP contribution >= 0.6 is 11.6 Å². The van der Waals surface area contributed by atoms with Gasteiger partial charge in [0.15, 0.2) is 0 Å². The number of nitrogens with zero attached hydrogens (tertiary/aromatic N) is 3. The Balaban J connectivity index is 1.66. The van der Waals surface area contributed by atoms with Crippen molar-refractivity contribution in [1.82, 2.24) is 9.97 Å². The lowest BCUT2D eigenvalue weighted by atomic mass is 10.1. The maximum absolute atomic E-state index is 13.3. The molecule has 1 aliphatic rings. The quantitative estimate of drug-likeness (QED) is 0.675. The average molecular weight is 393 g/mol. The summed E-state index contributed by atoms with van der Waals surface area (Å²) in [6.07, 6.45) is 0.848. The molecule has 0 radical (unpaired) electrons. The summed E-state index contributed by atoms with van der Waals surface area (Å²) in [6, 6.07) is 15.4. The van der Waals surface area contributed by atoms with Gasteiger partial charge in [-0.3, -0.25) is 4.79 Å². The van der Waals surface area contributed by atoms with Gasteiger partial charge in [0, 0.05) is 28.1 Å². The van der Waals surface area contributed by atoms with Gasteiger partial charge in [-0.1, -0.05) is 29.8 Å². The van der Waals surface area contributed by atoms with Gasteiger partial charge in [-0.25, -0.2) is 9.97 Å². The zero-order valence-electron chi connectivity index (χ0n) is 16.0. The second kappa shape index (κ2) is 7.24. The van der Waals surface area contributed by atoms with Crippen LogP contribution in [0.3, 0.4) is 0 Å². The molecule has 1 atom stereocenters. The van der Waals surface area contributed by atoms with Gasteiger partial charge in [0.2, 0.25) is 5.95 Å². The summed E-state index contributed by atoms with van der Waals surface area (Å²) in [5.74, 6) is 0.285. The predicted molar refractivity (Wildman–Crippen MR) is 113 cm³/mol. The van der Waals surface area contributed by atoms with Crippen molar-refractivity contribution in [3.05, 3.63) is 76.1 Å². The lowest BCUT2D eigenvalue weighted by Crippen LogP contribution is -2.36. The molecule has 5 nitrogen and oxygen atoms in total. The number of aromatic nitrogens is 2. The first-order valence-electron chi connectivity index (χ1n) is 9.22. The molecule has 1 aromatic heterocycles. The van der Waals surface area contributed by atoms with E-state index in [1.54, 1.807) is 6.07 Å². The van der Waals surface area contributed by atoms with E-state index >= 15 is 0 Å². The number of hydrogen-bond donors (Lipinski definition) is 1. The number of anilines is 3. The second-order valence-electron chi connectivity index (χ2n) is 7.16. The topological polar surface area (TPSA) is 58.1 Å². The van der Waals surface area contributed by atoms with Crippen molar-refractivity contribution in [3.8, 4) is 0 Å². The Morgan fingerprint density at radius 2 is 1.93 bits per heavy atom. The Hall–Kier alpha value is -2.92. The lowest BCUT2D eigenvalue weighted by molar-refractivity contribution is 0.0976. The minimum atomic E-state index is -0.112. The molecule has 2 heterocycles. The van der Waals surface area contributed by atoms with Crippen molar-refractivity contribution in [2.24, 2.45) is 0 Å². The van der Waals surface area contributed by atoms with Crippen LogP contribution in [0.4, 0.5) is 17.3 Å². The first-order chi connectivity index (χ1) is 13.4. The number of para-hydroxylation sites is 1. The molecular weight excluding hydrogens is 372 g/mol. The highest BCUT2D eigenvalue weighted by molar-refractivity contribution is 6.30. The zero-order chi connectivity index (χ0) is 19.8. The number of carbonyl (C=O) groups excluding carboxylic acids is 1. The van der Waals surface area contributed by atoms with Gasteiger partial charge in [-0.15, -0.1) is 0 Å². The Bertz CT molecular complexity index is 1070. The van der Waals surface area contributed by atoms with Gasteiger partial charge < -0.3 is 10.2 Å². The standard InChI is InChI=1S/C22H21ClN4O/c1-13-10-17(23)8-9-18(13)25-22-24-14(2)11-19(26-22)21(28)27-15(3)12-16-6-4-5-7-20(16)27/h4-11,15H,12H2,1-3H3,(H,24,25,26). The molecule has 1 unspecified atom stereocenters. The molecule has 0 bridgehead atoms. The molecule has 4 rings (SSSR count). The largest absolute Gasteiger partial charge is 0.324 e. The maximum atomic E-state index is 13.3. The summed E-state index contributed by atoms with van der Waals surface area (Å²) in [4.78, 5) is 24.0. The van der Waals surface area contributed by atoms with E-state index in [1.165, 1.54) is 5.56 Å². The fraction of sp³-hybridized carbons (Fsp3) is 0.227. The van der Waals surface area contributed by atoms with Crippen LogP contribution in [0.15, 0.2) is 48.5 Å². The molecule has 0 spiro atoms. The highest BCUT2D eigenvalue weighted by Gasteiger charge is 2.32. The minimum absolute atomic E-state index is 0.0927. The maximum Gasteiger partial charge on any atom is 0.277 e. The molecule has 28 heavy (non-hydrogen) atoms. The van der Waals surface area contributed by atoms with E-state index in [4.69, 9.17) is 11.6 Å². The molecular formula is C22H21ClN4O. The van der Waals surface area contributed by atoms with Crippen molar-refractivity contribution in [1.29, 1.82) is 0 Å². The van der Waals surface area contributed by atoms with Gasteiger partial charge in [0.25, 0.3) is 5.91 Å². The van der Waals surface area contributed by atoms with E-state index in [0.717, 1.165) is 29.1 Å². The number of nitrogens with one attached hydrogen (secondary N) is 1. The molecule has 6 heteroatoms. The molecule has 1 aliphatic heterocycles. The van der Waals surface area contributed by atoms with E-state index in [9.17, 15) is 4.79 Å². The van der Waals surface area contributed by atoms with Crippen LogP contribution in [0, 0.1) is 13.8 Å². The van der Waals surface area contributed by atoms with E-state index in [-0.39, 0.29) is 11.9 Å². The zero-order valence-corrected chi connectivity index (χ0v) is 16.8. The number of aryl methyl sites for hydroxylation is 2. The normalized spacial score (nSPS) is 15.4. The second-order valence-corrected chi connectivity index (χ2v) is 7.60. The monoisotopic (exact) mass is 392 g/mol. The molecule has 3 aromatic rings. The van der Waals surface area contributed by atoms with Crippen LogP contribution in [0.5, 0.6) is 0 Å². The summed E-state index contributed by atoms with van der Waals surface area (Å²) in [5.41, 5.74) is 5.09. The molecule has 0 saturated carbocycles. The van der Waals surface area contributed by atoms with Crippen LogP contribution in [-0.2, 0) is 6.42 Å². The van der Waals surface area contributed by atoms with Gasteiger partial charge in [0.1, 0.15) is 5.69 Å². The van der Waals surface area contributed by atoms with Gasteiger partial charge in [0.05, 0.1) is 0 Å². The smallest absolute Gasteiger partial charge is 0.277 e. The van der Waals surface area contributed by atoms with Gasteiger partial charge in [-0.05, 0) is 68.7 Å². The summed E-state index contributed by atoms with van der Waals surface area (Å²) in [5, 5.41) is 3.88. The number of hydrogen-bond acceptors (Lipinski definition) is 4. The van der Waals surface area contributed by atoms with Crippen molar-refractivity contribution in [3.63, 3.8) is 0 Å². The SMILES string of the molecule is Cc1cc(C(=O)N2c3ccccc3CC2C)nc(Nc2ccc(Cl)cc2C)n1. The predicted octanol–water partition coefficient (Wildman–Crippen LogP) is 5.08. The van der Waals surface area contributed by atoms with E-state index < -0.39 is 0 Å². The average Bonchev–Trinajstić information content (AvgIpc) is 2.98. The Labute approximate surface area is 169 Å². The molecule has 0 saturated heterocycles. The Kier molecular flexibility index (Phi) is 4.77. The number of benzene rings is 2. The first-order valence-corrected chi connectivity index (χ1v) is 9.60. The fourth-order valence-electron chi connectivity index (χ4n) is 3.62. The van der Waals surface area contributed by atoms with Crippen molar-refractivity contribution >= 4 is 34.8 Å². The summed E-state index contributed by atoms with van der Waals surface area (Å²) >= 11 is 6.03. The van der Waals surface area contributed by atoms with Gasteiger partial charge >= 0.3 is 0 Å². The Morgan fingerprint density at radius 3 is 2.71 bits per heavy atom. The van der Waals surface area contributed by atoms with Crippen LogP contribution in [0.2, 0.25) is 5.02 Å². The number of rotatable bonds is 3. The van der Waals surface area contributed by atoms with E-state index in [1.807, 2.05) is 55.1 Å². The van der Waals surface area contributed by atoms with E-state index in [0.29, 0.717) is 16.7 Å². The van der Waals surface area contributed by atoms with Crippen LogP contribution in [0.1, 0.15) is 34.2 Å². The summed E-state index contributed by atoms with van der Waals surface area (Å²) < 4.78 is 0. The minimum Gasteiger partial charge on any atom is -0.324 e. The molecule has 142 valence electrons. The highest BCUT2D eigenvalue weighted by atomic mass is 35.5. The molecule has 1 N–H and O–H groups in total. The number of carbonyl (C=O) groups is 1. The van der Waals surface area contributed by atoms with Crippen molar-refractivity contribution in [2.45, 2.75) is 33.2 Å². The third kappa shape index (κ3) is 3.45. The molecule has 1 amide bonds. The molecule has 0 aliphatic carbocycles. The third-order valence-corrected chi connectivity index (χ3v) is 5.17. The van der Waals surface area contributed by atoms with Crippen molar-refractivity contribution < 1.29 is 4.79 Å². The van der Waals surface area contributed by atoms with Crippen LogP contribution in [-0.4, -0.2) is 21.9 Å². The number of fused-ring (bicyclic) bond motifs is 1. The molecule has 2 aromatic carbocycles. The summed E-state index contributed by atoms with van der Waals surface area (Å²) in [6.45, 7) is 5.88. The van der Waals surface area contributed by atoms with E-state index in [2.05, 4.69) is 28.3 Å². The molecule has 0 fully saturated rings. The lowest BCUT2D eigenvalue weighted by Gasteiger charge is -2.22. The van der Waals surface area contributed by atoms with Crippen LogP contribution < -0.4 is 10.2 Å².